The Hall–Kier alpha value is 0.160. The topological polar surface area (TPSA) is 34.1 Å². The van der Waals surface area contributed by atoms with Crippen molar-refractivity contribution in [3.63, 3.8) is 0 Å². The summed E-state index contributed by atoms with van der Waals surface area (Å²) in [6.45, 7) is 1.89. The van der Waals surface area contributed by atoms with E-state index in [4.69, 9.17) is 0 Å². The maximum absolute atomic E-state index is 11.8. The number of rotatable bonds is 3. The van der Waals surface area contributed by atoms with Gasteiger partial charge >= 0.3 is 0 Å². The molecule has 13 heavy (non-hydrogen) atoms. The van der Waals surface area contributed by atoms with Crippen molar-refractivity contribution >= 4 is 32.4 Å². The molecule has 74 valence electrons. The zero-order valence-corrected chi connectivity index (χ0v) is 10.5. The molecule has 0 aromatic heterocycles. The molecular formula is C9H13IO2S. The summed E-state index contributed by atoms with van der Waals surface area (Å²) in [5.41, 5.74) is 0. The second kappa shape index (κ2) is 4.13. The number of halogens is 1. The average Bonchev–Trinajstić information content (AvgIpc) is 2.05. The van der Waals surface area contributed by atoms with Crippen molar-refractivity contribution in [3.05, 3.63) is 24.3 Å². The van der Waals surface area contributed by atoms with E-state index in [1.54, 1.807) is 6.08 Å². The van der Waals surface area contributed by atoms with Crippen LogP contribution in [0.3, 0.4) is 0 Å². The second-order valence-corrected chi connectivity index (χ2v) is 8.12. The molecule has 4 heteroatoms. The maximum atomic E-state index is 11.8. The van der Waals surface area contributed by atoms with E-state index in [1.807, 2.05) is 47.7 Å². The van der Waals surface area contributed by atoms with Gasteiger partial charge in [-0.25, -0.2) is 8.42 Å². The summed E-state index contributed by atoms with van der Waals surface area (Å²) in [7, 11) is -2.98. The fraction of sp³-hybridized carbons (Fsp3) is 0.556. The van der Waals surface area contributed by atoms with Crippen molar-refractivity contribution in [3.8, 4) is 0 Å². The fourth-order valence-corrected chi connectivity index (χ4v) is 3.88. The van der Waals surface area contributed by atoms with Gasteiger partial charge in [-0.1, -0.05) is 53.8 Å². The predicted molar refractivity (Wildman–Crippen MR) is 63.7 cm³/mol. The van der Waals surface area contributed by atoms with Crippen LogP contribution in [0.15, 0.2) is 24.3 Å². The Balaban J connectivity index is 2.93. The zero-order valence-electron chi connectivity index (χ0n) is 7.53. The summed E-state index contributed by atoms with van der Waals surface area (Å²) >= 11 is 2.03. The highest BCUT2D eigenvalue weighted by molar-refractivity contribution is 14.1. The van der Waals surface area contributed by atoms with E-state index in [9.17, 15) is 8.42 Å². The fourth-order valence-electron chi connectivity index (χ4n) is 1.24. The average molecular weight is 312 g/mol. The highest BCUT2D eigenvalue weighted by atomic mass is 127. The van der Waals surface area contributed by atoms with Gasteiger partial charge in [0, 0.05) is 0 Å². The lowest BCUT2D eigenvalue weighted by Crippen LogP contribution is -2.32. The third kappa shape index (κ3) is 2.34. The molecule has 0 spiro atoms. The molecule has 0 bridgehead atoms. The molecule has 0 radical (unpaired) electrons. The molecule has 0 fully saturated rings. The molecule has 0 N–H and O–H groups in total. The minimum Gasteiger partial charge on any atom is -0.227 e. The molecule has 0 aliphatic heterocycles. The van der Waals surface area contributed by atoms with Gasteiger partial charge in [0.2, 0.25) is 0 Å². The van der Waals surface area contributed by atoms with Crippen LogP contribution in [0.5, 0.6) is 0 Å². The Bertz CT molecular complexity index is 330. The summed E-state index contributed by atoms with van der Waals surface area (Å²) in [4.78, 5) is 0. The number of sulfone groups is 1. The predicted octanol–water partition coefficient (Wildman–Crippen LogP) is 2.46. The molecule has 2 nitrogen and oxygen atoms in total. The number of allylic oxidation sites excluding steroid dienone is 3. The molecule has 0 saturated carbocycles. The molecule has 0 aromatic carbocycles. The summed E-state index contributed by atoms with van der Waals surface area (Å²) in [5.74, 6) is 0.272. The van der Waals surface area contributed by atoms with E-state index in [-0.39, 0.29) is 5.75 Å². The van der Waals surface area contributed by atoms with Gasteiger partial charge in [-0.15, -0.1) is 0 Å². The van der Waals surface area contributed by atoms with Crippen molar-refractivity contribution in [1.29, 1.82) is 0 Å². The lowest BCUT2D eigenvalue weighted by molar-refractivity contribution is 0.584. The van der Waals surface area contributed by atoms with Crippen molar-refractivity contribution in [2.75, 3.05) is 5.75 Å². The van der Waals surface area contributed by atoms with Gasteiger partial charge in [-0.05, 0) is 12.8 Å². The molecular weight excluding hydrogens is 299 g/mol. The molecule has 1 aliphatic rings. The summed E-state index contributed by atoms with van der Waals surface area (Å²) in [6, 6.07) is 0. The Morgan fingerprint density at radius 1 is 1.46 bits per heavy atom. The van der Waals surface area contributed by atoms with E-state index >= 15 is 0 Å². The third-order valence-electron chi connectivity index (χ3n) is 1.98. The number of hydrogen-bond donors (Lipinski definition) is 0. The Labute approximate surface area is 93.2 Å². The lowest BCUT2D eigenvalue weighted by Gasteiger charge is -2.24. The van der Waals surface area contributed by atoms with Gasteiger partial charge in [0.25, 0.3) is 0 Å². The zero-order chi connectivity index (χ0) is 9.95. The monoisotopic (exact) mass is 312 g/mol. The van der Waals surface area contributed by atoms with Crippen LogP contribution in [-0.4, -0.2) is 16.9 Å². The number of alkyl halides is 1. The van der Waals surface area contributed by atoms with E-state index in [0.717, 1.165) is 0 Å². The molecule has 1 aliphatic carbocycles. The Kier molecular flexibility index (Phi) is 3.57. The standard InChI is InChI=1S/C9H13IO2S/c1-2-8-13(11,12)9(10)6-4-3-5-7-9/h3-6H,2,7-8H2,1H3. The summed E-state index contributed by atoms with van der Waals surface area (Å²) in [6.07, 6.45) is 8.65. The van der Waals surface area contributed by atoms with Gasteiger partial charge < -0.3 is 0 Å². The van der Waals surface area contributed by atoms with E-state index in [0.29, 0.717) is 12.8 Å². The van der Waals surface area contributed by atoms with Crippen LogP contribution in [0.25, 0.3) is 0 Å². The Morgan fingerprint density at radius 3 is 2.62 bits per heavy atom. The van der Waals surface area contributed by atoms with Gasteiger partial charge in [0.05, 0.1) is 5.75 Å². The van der Waals surface area contributed by atoms with Crippen LogP contribution in [0.1, 0.15) is 19.8 Å². The molecule has 1 rings (SSSR count). The van der Waals surface area contributed by atoms with Crippen LogP contribution < -0.4 is 0 Å². The van der Waals surface area contributed by atoms with Crippen LogP contribution in [0.2, 0.25) is 0 Å². The van der Waals surface area contributed by atoms with Crippen molar-refractivity contribution in [1.82, 2.24) is 0 Å². The quantitative estimate of drug-likeness (QED) is 0.592. The molecule has 1 unspecified atom stereocenters. The van der Waals surface area contributed by atoms with Crippen molar-refractivity contribution in [2.24, 2.45) is 0 Å². The van der Waals surface area contributed by atoms with Gasteiger partial charge in [-0.3, -0.25) is 0 Å². The van der Waals surface area contributed by atoms with Crippen LogP contribution >= 0.6 is 22.6 Å². The lowest BCUT2D eigenvalue weighted by atomic mass is 10.2. The van der Waals surface area contributed by atoms with Crippen molar-refractivity contribution < 1.29 is 8.42 Å². The first kappa shape index (κ1) is 11.2. The van der Waals surface area contributed by atoms with Gasteiger partial charge in [0.15, 0.2) is 9.84 Å². The molecule has 1 atom stereocenters. The molecule has 0 amide bonds. The van der Waals surface area contributed by atoms with Crippen LogP contribution in [0, 0.1) is 0 Å². The SMILES string of the molecule is CCCS(=O)(=O)C1(I)C=CC=CC1. The molecule has 0 saturated heterocycles. The highest BCUT2D eigenvalue weighted by Crippen LogP contribution is 2.35. The minimum absolute atomic E-state index is 0.272. The summed E-state index contributed by atoms with van der Waals surface area (Å²) < 4.78 is 22.9. The summed E-state index contributed by atoms with van der Waals surface area (Å²) in [5, 5.41) is 0. The molecule has 0 heterocycles. The van der Waals surface area contributed by atoms with E-state index in [1.165, 1.54) is 0 Å². The first-order valence-corrected chi connectivity index (χ1v) is 7.00. The maximum Gasteiger partial charge on any atom is 0.169 e. The van der Waals surface area contributed by atoms with Crippen molar-refractivity contribution in [2.45, 2.75) is 22.5 Å². The molecule has 0 aromatic rings. The first-order valence-electron chi connectivity index (χ1n) is 4.27. The minimum atomic E-state index is -2.98. The Morgan fingerprint density at radius 2 is 2.15 bits per heavy atom. The number of hydrogen-bond acceptors (Lipinski definition) is 2. The van der Waals surface area contributed by atoms with Crippen LogP contribution in [0.4, 0.5) is 0 Å². The third-order valence-corrected chi connectivity index (χ3v) is 7.07. The van der Waals surface area contributed by atoms with Crippen LogP contribution in [-0.2, 0) is 9.84 Å². The highest BCUT2D eigenvalue weighted by Gasteiger charge is 2.37. The normalized spacial score (nSPS) is 27.8. The largest absolute Gasteiger partial charge is 0.227 e. The van der Waals surface area contributed by atoms with Gasteiger partial charge in [0.1, 0.15) is 2.75 Å². The second-order valence-electron chi connectivity index (χ2n) is 3.10. The van der Waals surface area contributed by atoms with E-state index in [2.05, 4.69) is 0 Å². The van der Waals surface area contributed by atoms with E-state index < -0.39 is 12.6 Å². The smallest absolute Gasteiger partial charge is 0.169 e. The first-order chi connectivity index (χ1) is 6.02. The van der Waals surface area contributed by atoms with Gasteiger partial charge in [-0.2, -0.15) is 0 Å².